The second-order valence-electron chi connectivity index (χ2n) is 7.05. The van der Waals surface area contributed by atoms with Gasteiger partial charge in [0.2, 0.25) is 0 Å². The molecule has 1 aliphatic heterocycles. The molecule has 1 aromatic heterocycles. The molecule has 0 aliphatic carbocycles. The minimum absolute atomic E-state index is 0. The molecule has 3 rings (SSSR count). The van der Waals surface area contributed by atoms with E-state index < -0.39 is 0 Å². The SMILES string of the molecule is CNCC1CCCN(C(=O)c2csc(-c3ccc(OC(C)C)cc3)n2)C1.Cl. The Kier molecular flexibility index (Phi) is 8.07. The number of thiazole rings is 1. The lowest BCUT2D eigenvalue weighted by Crippen LogP contribution is -2.42. The summed E-state index contributed by atoms with van der Waals surface area (Å²) in [6.07, 6.45) is 2.39. The van der Waals surface area contributed by atoms with Gasteiger partial charge in [0.15, 0.2) is 0 Å². The Morgan fingerprint density at radius 1 is 1.37 bits per heavy atom. The average molecular weight is 410 g/mol. The van der Waals surface area contributed by atoms with E-state index in [1.165, 1.54) is 17.8 Å². The van der Waals surface area contributed by atoms with E-state index in [1.807, 2.05) is 55.4 Å². The number of amides is 1. The molecule has 0 spiro atoms. The highest BCUT2D eigenvalue weighted by molar-refractivity contribution is 7.13. The Bertz CT molecular complexity index is 731. The van der Waals surface area contributed by atoms with Crippen molar-refractivity contribution in [3.8, 4) is 16.3 Å². The van der Waals surface area contributed by atoms with Gasteiger partial charge in [0.05, 0.1) is 6.10 Å². The first-order chi connectivity index (χ1) is 12.6. The molecule has 1 atom stereocenters. The van der Waals surface area contributed by atoms with E-state index in [1.54, 1.807) is 0 Å². The molecular weight excluding hydrogens is 382 g/mol. The number of rotatable bonds is 6. The molecule has 0 radical (unpaired) electrons. The molecule has 7 heteroatoms. The lowest BCUT2D eigenvalue weighted by molar-refractivity contribution is 0.0669. The van der Waals surface area contributed by atoms with Crippen LogP contribution in [0.2, 0.25) is 0 Å². The Morgan fingerprint density at radius 3 is 2.78 bits per heavy atom. The number of carbonyl (C=O) groups is 1. The lowest BCUT2D eigenvalue weighted by Gasteiger charge is -2.32. The molecule has 5 nitrogen and oxygen atoms in total. The van der Waals surface area contributed by atoms with Crippen LogP contribution in [-0.4, -0.2) is 48.6 Å². The van der Waals surface area contributed by atoms with E-state index in [2.05, 4.69) is 10.3 Å². The van der Waals surface area contributed by atoms with Gasteiger partial charge in [-0.2, -0.15) is 0 Å². The van der Waals surface area contributed by atoms with Gasteiger partial charge in [0, 0.05) is 24.0 Å². The fraction of sp³-hybridized carbons (Fsp3) is 0.500. The molecule has 148 valence electrons. The summed E-state index contributed by atoms with van der Waals surface area (Å²) in [4.78, 5) is 19.3. The quantitative estimate of drug-likeness (QED) is 0.780. The van der Waals surface area contributed by atoms with Crippen molar-refractivity contribution in [1.82, 2.24) is 15.2 Å². The van der Waals surface area contributed by atoms with Gasteiger partial charge in [-0.1, -0.05) is 0 Å². The molecule has 27 heavy (non-hydrogen) atoms. The van der Waals surface area contributed by atoms with Gasteiger partial charge in [-0.05, 0) is 70.5 Å². The third-order valence-electron chi connectivity index (χ3n) is 4.50. The summed E-state index contributed by atoms with van der Waals surface area (Å²) < 4.78 is 5.67. The Hall–Kier alpha value is -1.63. The zero-order chi connectivity index (χ0) is 18.5. The third-order valence-corrected chi connectivity index (χ3v) is 5.39. The summed E-state index contributed by atoms with van der Waals surface area (Å²) in [5.41, 5.74) is 1.56. The molecule has 1 aromatic carbocycles. The number of likely N-dealkylation sites (tertiary alicyclic amines) is 1. The van der Waals surface area contributed by atoms with Crippen molar-refractivity contribution < 1.29 is 9.53 Å². The van der Waals surface area contributed by atoms with Crippen LogP contribution in [0, 0.1) is 5.92 Å². The Balaban J connectivity index is 0.00000261. The van der Waals surface area contributed by atoms with E-state index in [0.717, 1.165) is 42.4 Å². The minimum Gasteiger partial charge on any atom is -0.491 e. The Labute approximate surface area is 171 Å². The molecule has 2 aromatic rings. The van der Waals surface area contributed by atoms with E-state index >= 15 is 0 Å². The standard InChI is InChI=1S/C20H27N3O2S.ClH/c1-14(2)25-17-8-6-16(7-9-17)19-22-18(13-26-19)20(24)23-10-4-5-15(12-23)11-21-3;/h6-9,13-15,21H,4-5,10-12H2,1-3H3;1H. The van der Waals surface area contributed by atoms with Gasteiger partial charge in [-0.3, -0.25) is 4.79 Å². The molecule has 2 heterocycles. The molecule has 1 unspecified atom stereocenters. The van der Waals surface area contributed by atoms with Crippen molar-refractivity contribution in [2.45, 2.75) is 32.8 Å². The van der Waals surface area contributed by atoms with Crippen molar-refractivity contribution in [3.63, 3.8) is 0 Å². The molecule has 1 saturated heterocycles. The van der Waals surface area contributed by atoms with Gasteiger partial charge in [0.1, 0.15) is 16.5 Å². The highest BCUT2D eigenvalue weighted by atomic mass is 35.5. The van der Waals surface area contributed by atoms with E-state index in [0.29, 0.717) is 11.6 Å². The molecule has 1 fully saturated rings. The maximum absolute atomic E-state index is 12.8. The Morgan fingerprint density at radius 2 is 2.11 bits per heavy atom. The van der Waals surface area contributed by atoms with Crippen molar-refractivity contribution >= 4 is 29.7 Å². The summed E-state index contributed by atoms with van der Waals surface area (Å²) >= 11 is 1.51. The summed E-state index contributed by atoms with van der Waals surface area (Å²) in [7, 11) is 1.96. The number of piperidine rings is 1. The van der Waals surface area contributed by atoms with Crippen molar-refractivity contribution in [1.29, 1.82) is 0 Å². The fourth-order valence-electron chi connectivity index (χ4n) is 3.32. The number of carbonyl (C=O) groups excluding carboxylic acids is 1. The predicted octanol–water partition coefficient (Wildman–Crippen LogP) is 4.09. The van der Waals surface area contributed by atoms with Crippen LogP contribution in [0.4, 0.5) is 0 Å². The summed E-state index contributed by atoms with van der Waals surface area (Å²) in [6.45, 7) is 6.61. The highest BCUT2D eigenvalue weighted by Gasteiger charge is 2.25. The first-order valence-electron chi connectivity index (χ1n) is 9.23. The summed E-state index contributed by atoms with van der Waals surface area (Å²) in [5.74, 6) is 1.43. The molecule has 0 bridgehead atoms. The second-order valence-corrected chi connectivity index (χ2v) is 7.90. The van der Waals surface area contributed by atoms with E-state index in [-0.39, 0.29) is 24.4 Å². The van der Waals surface area contributed by atoms with Gasteiger partial charge >= 0.3 is 0 Å². The van der Waals surface area contributed by atoms with Crippen LogP contribution in [0.1, 0.15) is 37.2 Å². The number of benzene rings is 1. The third kappa shape index (κ3) is 5.67. The van der Waals surface area contributed by atoms with Crippen molar-refractivity contribution in [2.24, 2.45) is 5.92 Å². The van der Waals surface area contributed by atoms with E-state index in [4.69, 9.17) is 4.74 Å². The topological polar surface area (TPSA) is 54.5 Å². The number of hydrogen-bond donors (Lipinski definition) is 1. The van der Waals surface area contributed by atoms with Crippen LogP contribution >= 0.6 is 23.7 Å². The van der Waals surface area contributed by atoms with Crippen LogP contribution in [0.5, 0.6) is 5.75 Å². The predicted molar refractivity (Wildman–Crippen MR) is 113 cm³/mol. The molecule has 1 aliphatic rings. The minimum atomic E-state index is 0. The number of hydrogen-bond acceptors (Lipinski definition) is 5. The van der Waals surface area contributed by atoms with Crippen LogP contribution in [0.15, 0.2) is 29.6 Å². The monoisotopic (exact) mass is 409 g/mol. The zero-order valence-corrected chi connectivity index (χ0v) is 17.7. The summed E-state index contributed by atoms with van der Waals surface area (Å²) in [5, 5.41) is 5.96. The highest BCUT2D eigenvalue weighted by Crippen LogP contribution is 2.27. The van der Waals surface area contributed by atoms with Gasteiger partial charge in [-0.25, -0.2) is 4.98 Å². The molecule has 0 saturated carbocycles. The first-order valence-corrected chi connectivity index (χ1v) is 10.1. The largest absolute Gasteiger partial charge is 0.491 e. The smallest absolute Gasteiger partial charge is 0.273 e. The maximum Gasteiger partial charge on any atom is 0.273 e. The number of aromatic nitrogens is 1. The van der Waals surface area contributed by atoms with Crippen LogP contribution in [-0.2, 0) is 0 Å². The molecular formula is C20H28ClN3O2S. The molecule has 1 N–H and O–H groups in total. The second kappa shape index (κ2) is 10.1. The number of halogens is 1. The van der Waals surface area contributed by atoms with E-state index in [9.17, 15) is 4.79 Å². The normalized spacial score (nSPS) is 16.9. The van der Waals surface area contributed by atoms with Crippen LogP contribution in [0.3, 0.4) is 0 Å². The number of nitrogens with one attached hydrogen (secondary N) is 1. The average Bonchev–Trinajstić information content (AvgIpc) is 3.12. The number of ether oxygens (including phenoxy) is 1. The first kappa shape index (κ1) is 21.7. The van der Waals surface area contributed by atoms with Gasteiger partial charge in [-0.15, -0.1) is 23.7 Å². The molecule has 1 amide bonds. The van der Waals surface area contributed by atoms with Gasteiger partial charge < -0.3 is 15.0 Å². The maximum atomic E-state index is 12.8. The van der Waals surface area contributed by atoms with Crippen molar-refractivity contribution in [3.05, 3.63) is 35.3 Å². The van der Waals surface area contributed by atoms with Crippen LogP contribution in [0.25, 0.3) is 10.6 Å². The summed E-state index contributed by atoms with van der Waals surface area (Å²) in [6, 6.07) is 7.89. The van der Waals surface area contributed by atoms with Crippen molar-refractivity contribution in [2.75, 3.05) is 26.7 Å². The number of nitrogens with zero attached hydrogens (tertiary/aromatic N) is 2. The van der Waals surface area contributed by atoms with Crippen LogP contribution < -0.4 is 10.1 Å². The lowest BCUT2D eigenvalue weighted by atomic mass is 9.98. The fourth-order valence-corrected chi connectivity index (χ4v) is 4.12. The zero-order valence-electron chi connectivity index (χ0n) is 16.1. The van der Waals surface area contributed by atoms with Gasteiger partial charge in [0.25, 0.3) is 5.91 Å².